The zero-order valence-corrected chi connectivity index (χ0v) is 15.3. The van der Waals surface area contributed by atoms with Gasteiger partial charge in [-0.3, -0.25) is 5.01 Å². The third-order valence-electron chi connectivity index (χ3n) is 4.37. The van der Waals surface area contributed by atoms with Gasteiger partial charge in [0.1, 0.15) is 0 Å². The lowest BCUT2D eigenvalue weighted by atomic mass is 9.88. The third kappa shape index (κ3) is 3.40. The van der Waals surface area contributed by atoms with Crippen LogP contribution < -0.4 is 5.01 Å². The highest BCUT2D eigenvalue weighted by atomic mass is 35.5. The maximum Gasteiger partial charge on any atom is 0.355 e. The number of benzene rings is 2. The van der Waals surface area contributed by atoms with Crippen LogP contribution in [-0.2, 0) is 9.53 Å². The summed E-state index contributed by atoms with van der Waals surface area (Å²) in [4.78, 5) is 12.5. The predicted octanol–water partition coefficient (Wildman–Crippen LogP) is 4.56. The molecule has 0 aliphatic carbocycles. The molecule has 1 aliphatic heterocycles. The van der Waals surface area contributed by atoms with E-state index in [1.54, 1.807) is 6.92 Å². The summed E-state index contributed by atoms with van der Waals surface area (Å²) in [6.45, 7) is 6.15. The monoisotopic (exact) mass is 356 g/mol. The second-order valence-corrected chi connectivity index (χ2v) is 6.54. The van der Waals surface area contributed by atoms with Crippen LogP contribution in [0.15, 0.2) is 53.6 Å². The van der Waals surface area contributed by atoms with Gasteiger partial charge in [0.2, 0.25) is 0 Å². The van der Waals surface area contributed by atoms with E-state index in [9.17, 15) is 4.79 Å². The number of carbonyl (C=O) groups is 1. The van der Waals surface area contributed by atoms with Gasteiger partial charge in [-0.1, -0.05) is 48.0 Å². The molecule has 0 unspecified atom stereocenters. The second-order valence-electron chi connectivity index (χ2n) is 6.13. The van der Waals surface area contributed by atoms with Crippen molar-refractivity contribution >= 4 is 29.0 Å². The first kappa shape index (κ1) is 17.5. The molecule has 4 nitrogen and oxygen atoms in total. The van der Waals surface area contributed by atoms with Crippen LogP contribution in [-0.4, -0.2) is 24.3 Å². The van der Waals surface area contributed by atoms with Crippen molar-refractivity contribution in [2.75, 3.05) is 11.6 Å². The first-order chi connectivity index (χ1) is 12.0. The smallest absolute Gasteiger partial charge is 0.355 e. The number of esters is 1. The number of ether oxygens (including phenoxy) is 1. The molecule has 0 saturated heterocycles. The van der Waals surface area contributed by atoms with Gasteiger partial charge in [0.05, 0.1) is 29.3 Å². The number of hydrazone groups is 1. The van der Waals surface area contributed by atoms with E-state index in [4.69, 9.17) is 16.3 Å². The van der Waals surface area contributed by atoms with Crippen LogP contribution in [0.2, 0.25) is 5.02 Å². The van der Waals surface area contributed by atoms with Gasteiger partial charge in [0.15, 0.2) is 5.71 Å². The van der Waals surface area contributed by atoms with Gasteiger partial charge in [-0.05, 0) is 44.0 Å². The van der Waals surface area contributed by atoms with Crippen LogP contribution in [0.3, 0.4) is 0 Å². The lowest BCUT2D eigenvalue weighted by Gasteiger charge is -2.25. The van der Waals surface area contributed by atoms with E-state index in [2.05, 4.69) is 5.10 Å². The fourth-order valence-electron chi connectivity index (χ4n) is 3.18. The minimum atomic E-state index is -0.381. The summed E-state index contributed by atoms with van der Waals surface area (Å²) < 4.78 is 5.23. The molecular formula is C20H21ClN2O2. The number of rotatable bonds is 4. The molecule has 1 heterocycles. The van der Waals surface area contributed by atoms with Crippen LogP contribution in [0, 0.1) is 6.92 Å². The highest BCUT2D eigenvalue weighted by Crippen LogP contribution is 2.38. The van der Waals surface area contributed by atoms with Crippen LogP contribution in [0.5, 0.6) is 0 Å². The summed E-state index contributed by atoms with van der Waals surface area (Å²) in [5, 5.41) is 7.04. The van der Waals surface area contributed by atoms with E-state index in [1.807, 2.05) is 67.4 Å². The van der Waals surface area contributed by atoms with Crippen LogP contribution in [0.1, 0.15) is 30.9 Å². The van der Waals surface area contributed by atoms with Gasteiger partial charge in [-0.25, -0.2) is 4.79 Å². The number of hydrogen-bond acceptors (Lipinski definition) is 4. The quantitative estimate of drug-likeness (QED) is 0.754. The number of nitrogens with zero attached hydrogens (tertiary/aromatic N) is 2. The van der Waals surface area contributed by atoms with Crippen molar-refractivity contribution in [1.29, 1.82) is 0 Å². The van der Waals surface area contributed by atoms with Crippen molar-refractivity contribution in [3.8, 4) is 0 Å². The van der Waals surface area contributed by atoms with Gasteiger partial charge in [-0.2, -0.15) is 5.10 Å². The van der Waals surface area contributed by atoms with Gasteiger partial charge < -0.3 is 4.74 Å². The lowest BCUT2D eigenvalue weighted by molar-refractivity contribution is -0.135. The second kappa shape index (κ2) is 7.28. The molecule has 0 aromatic heterocycles. The van der Waals surface area contributed by atoms with E-state index in [0.29, 0.717) is 17.3 Å². The molecular weight excluding hydrogens is 336 g/mol. The molecule has 0 radical (unpaired) electrons. The zero-order valence-electron chi connectivity index (χ0n) is 14.6. The molecule has 2 aromatic rings. The van der Waals surface area contributed by atoms with Crippen molar-refractivity contribution in [2.45, 2.75) is 32.7 Å². The molecule has 2 atom stereocenters. The Kier molecular flexibility index (Phi) is 5.09. The summed E-state index contributed by atoms with van der Waals surface area (Å²) in [6.07, 6.45) is 0. The maximum atomic E-state index is 12.5. The van der Waals surface area contributed by atoms with E-state index in [0.717, 1.165) is 16.8 Å². The fraction of sp³-hybridized carbons (Fsp3) is 0.300. The predicted molar refractivity (Wildman–Crippen MR) is 101 cm³/mol. The summed E-state index contributed by atoms with van der Waals surface area (Å²) >= 11 is 6.43. The Balaban J connectivity index is 2.05. The molecule has 2 aromatic carbocycles. The van der Waals surface area contributed by atoms with Gasteiger partial charge in [0, 0.05) is 0 Å². The van der Waals surface area contributed by atoms with E-state index < -0.39 is 0 Å². The molecule has 5 heteroatoms. The lowest BCUT2D eigenvalue weighted by Crippen LogP contribution is -2.31. The molecule has 0 amide bonds. The summed E-state index contributed by atoms with van der Waals surface area (Å²) in [6, 6.07) is 15.7. The zero-order chi connectivity index (χ0) is 18.0. The summed E-state index contributed by atoms with van der Waals surface area (Å²) in [5.41, 5.74) is 3.32. The van der Waals surface area contributed by atoms with E-state index in [1.165, 1.54) is 0 Å². The van der Waals surface area contributed by atoms with Gasteiger partial charge in [0.25, 0.3) is 0 Å². The van der Waals surface area contributed by atoms with Crippen molar-refractivity contribution in [3.05, 3.63) is 64.7 Å². The SMILES string of the molecule is CCOC(=O)C1=NN(c2ccc(C)cc2Cl)[C@H](C)[C@H]1c1ccccc1. The van der Waals surface area contributed by atoms with Gasteiger partial charge in [-0.15, -0.1) is 0 Å². The highest BCUT2D eigenvalue weighted by Gasteiger charge is 2.40. The number of hydrogen-bond donors (Lipinski definition) is 0. The molecule has 0 spiro atoms. The normalized spacial score (nSPS) is 19.7. The molecule has 0 saturated carbocycles. The van der Waals surface area contributed by atoms with Crippen LogP contribution in [0.25, 0.3) is 0 Å². The maximum absolute atomic E-state index is 12.5. The first-order valence-electron chi connectivity index (χ1n) is 8.39. The van der Waals surface area contributed by atoms with Crippen molar-refractivity contribution in [2.24, 2.45) is 5.10 Å². The summed E-state index contributed by atoms with van der Waals surface area (Å²) in [5.74, 6) is -0.549. The van der Waals surface area contributed by atoms with E-state index in [-0.39, 0.29) is 17.9 Å². The van der Waals surface area contributed by atoms with Crippen molar-refractivity contribution in [1.82, 2.24) is 0 Å². The molecule has 130 valence electrons. The largest absolute Gasteiger partial charge is 0.461 e. The Morgan fingerprint density at radius 1 is 1.24 bits per heavy atom. The molecule has 1 aliphatic rings. The Hall–Kier alpha value is -2.33. The third-order valence-corrected chi connectivity index (χ3v) is 4.67. The Bertz CT molecular complexity index is 805. The molecule has 25 heavy (non-hydrogen) atoms. The number of aryl methyl sites for hydroxylation is 1. The average molecular weight is 357 g/mol. The number of carbonyl (C=O) groups excluding carboxylic acids is 1. The molecule has 3 rings (SSSR count). The number of anilines is 1. The Morgan fingerprint density at radius 3 is 2.60 bits per heavy atom. The topological polar surface area (TPSA) is 41.9 Å². The minimum absolute atomic E-state index is 0.0537. The molecule has 0 fully saturated rings. The first-order valence-corrected chi connectivity index (χ1v) is 8.76. The fourth-order valence-corrected chi connectivity index (χ4v) is 3.50. The van der Waals surface area contributed by atoms with Crippen LogP contribution >= 0.6 is 11.6 Å². The highest BCUT2D eigenvalue weighted by molar-refractivity contribution is 6.40. The molecule has 0 bridgehead atoms. The average Bonchev–Trinajstić information content (AvgIpc) is 2.93. The minimum Gasteiger partial charge on any atom is -0.461 e. The van der Waals surface area contributed by atoms with Gasteiger partial charge >= 0.3 is 5.97 Å². The Morgan fingerprint density at radius 2 is 1.96 bits per heavy atom. The molecule has 0 N–H and O–H groups in total. The van der Waals surface area contributed by atoms with Crippen molar-refractivity contribution in [3.63, 3.8) is 0 Å². The standard InChI is InChI=1S/C20H21ClN2O2/c1-4-25-20(24)19-18(15-8-6-5-7-9-15)14(3)23(22-19)17-11-10-13(2)12-16(17)21/h5-12,14,18H,4H2,1-3H3/t14-,18+/m1/s1. The van der Waals surface area contributed by atoms with Crippen LogP contribution in [0.4, 0.5) is 5.69 Å². The summed E-state index contributed by atoms with van der Waals surface area (Å²) in [7, 11) is 0. The van der Waals surface area contributed by atoms with E-state index >= 15 is 0 Å². The number of halogens is 1. The van der Waals surface area contributed by atoms with Crippen molar-refractivity contribution < 1.29 is 9.53 Å². The Labute approximate surface area is 153 Å².